The Bertz CT molecular complexity index is 1170. The second-order valence-electron chi connectivity index (χ2n) is 6.34. The van der Waals surface area contributed by atoms with Gasteiger partial charge in [-0.1, -0.05) is 11.3 Å². The van der Waals surface area contributed by atoms with Gasteiger partial charge in [0.2, 0.25) is 0 Å². The number of nitrogens with one attached hydrogen (secondary N) is 1. The van der Waals surface area contributed by atoms with E-state index in [0.29, 0.717) is 16.3 Å². The van der Waals surface area contributed by atoms with Crippen molar-refractivity contribution in [3.05, 3.63) is 46.6 Å². The smallest absolute Gasteiger partial charge is 0.259 e. The SMILES string of the molecule is Cc1cn2nc(-c3cc(=O)n4cc(N5CCNCC5)sc4n3)ccc2n1. The Balaban J connectivity index is 1.60. The summed E-state index contributed by atoms with van der Waals surface area (Å²) in [4.78, 5) is 24.6. The molecule has 0 unspecified atom stereocenters. The maximum absolute atomic E-state index is 12.6. The molecule has 4 aromatic rings. The summed E-state index contributed by atoms with van der Waals surface area (Å²) in [6, 6.07) is 5.28. The van der Waals surface area contributed by atoms with Crippen molar-refractivity contribution in [1.82, 2.24) is 29.3 Å². The van der Waals surface area contributed by atoms with Gasteiger partial charge in [-0.05, 0) is 19.1 Å². The molecule has 0 aliphatic carbocycles. The largest absolute Gasteiger partial charge is 0.360 e. The van der Waals surface area contributed by atoms with Gasteiger partial charge in [-0.15, -0.1) is 0 Å². The van der Waals surface area contributed by atoms with E-state index in [0.717, 1.165) is 42.5 Å². The fourth-order valence-electron chi connectivity index (χ4n) is 3.19. The molecule has 1 saturated heterocycles. The number of aryl methyl sites for hydroxylation is 1. The van der Waals surface area contributed by atoms with Crippen molar-refractivity contribution < 1.29 is 0 Å². The van der Waals surface area contributed by atoms with Crippen LogP contribution in [0.5, 0.6) is 0 Å². The standard InChI is InChI=1S/C17H17N7OS/c1-11-9-24-14(19-11)3-2-12(21-24)13-8-15(25)23-10-16(26-17(23)20-13)22-6-4-18-5-7-22/h2-3,8-10,18H,4-7H2,1H3. The molecule has 0 aromatic carbocycles. The Kier molecular flexibility index (Phi) is 3.50. The first kappa shape index (κ1) is 15.5. The molecule has 0 spiro atoms. The van der Waals surface area contributed by atoms with E-state index in [2.05, 4.69) is 25.3 Å². The highest BCUT2D eigenvalue weighted by Gasteiger charge is 2.16. The summed E-state index contributed by atoms with van der Waals surface area (Å²) in [6.45, 7) is 5.71. The number of rotatable bonds is 2. The van der Waals surface area contributed by atoms with Crippen LogP contribution >= 0.6 is 11.3 Å². The number of imidazole rings is 1. The highest BCUT2D eigenvalue weighted by molar-refractivity contribution is 7.20. The monoisotopic (exact) mass is 367 g/mol. The topological polar surface area (TPSA) is 79.8 Å². The molecule has 1 fully saturated rings. The van der Waals surface area contributed by atoms with Crippen molar-refractivity contribution in [1.29, 1.82) is 0 Å². The van der Waals surface area contributed by atoms with Gasteiger partial charge in [0.25, 0.3) is 5.56 Å². The molecular weight excluding hydrogens is 350 g/mol. The minimum Gasteiger partial charge on any atom is -0.360 e. The number of hydrogen-bond donors (Lipinski definition) is 1. The highest BCUT2D eigenvalue weighted by Crippen LogP contribution is 2.26. The molecule has 0 bridgehead atoms. The third-order valence-corrected chi connectivity index (χ3v) is 5.53. The summed E-state index contributed by atoms with van der Waals surface area (Å²) in [7, 11) is 0. The molecule has 0 amide bonds. The first-order chi connectivity index (χ1) is 12.7. The molecular formula is C17H17N7OS. The average molecular weight is 367 g/mol. The van der Waals surface area contributed by atoms with E-state index < -0.39 is 0 Å². The van der Waals surface area contributed by atoms with Crippen molar-refractivity contribution in [3.63, 3.8) is 0 Å². The maximum Gasteiger partial charge on any atom is 0.259 e. The van der Waals surface area contributed by atoms with E-state index in [-0.39, 0.29) is 5.56 Å². The van der Waals surface area contributed by atoms with Crippen LogP contribution in [0.15, 0.2) is 35.4 Å². The molecule has 8 nitrogen and oxygen atoms in total. The highest BCUT2D eigenvalue weighted by atomic mass is 32.1. The third-order valence-electron chi connectivity index (χ3n) is 4.49. The summed E-state index contributed by atoms with van der Waals surface area (Å²) in [5.74, 6) is 0. The first-order valence-corrected chi connectivity index (χ1v) is 9.31. The first-order valence-electron chi connectivity index (χ1n) is 8.50. The van der Waals surface area contributed by atoms with Crippen LogP contribution in [0.1, 0.15) is 5.69 Å². The predicted molar refractivity (Wildman–Crippen MR) is 101 cm³/mol. The van der Waals surface area contributed by atoms with Crippen molar-refractivity contribution in [3.8, 4) is 11.4 Å². The molecule has 26 heavy (non-hydrogen) atoms. The number of aromatic nitrogens is 5. The van der Waals surface area contributed by atoms with Crippen LogP contribution in [0.4, 0.5) is 5.00 Å². The molecule has 0 saturated carbocycles. The lowest BCUT2D eigenvalue weighted by Gasteiger charge is -2.27. The Morgan fingerprint density at radius 1 is 1.12 bits per heavy atom. The van der Waals surface area contributed by atoms with E-state index in [1.807, 2.05) is 31.5 Å². The number of anilines is 1. The molecule has 4 aromatic heterocycles. The fourth-order valence-corrected chi connectivity index (χ4v) is 4.23. The minimum absolute atomic E-state index is 0.0913. The van der Waals surface area contributed by atoms with Crippen molar-refractivity contribution in [2.75, 3.05) is 31.1 Å². The zero-order chi connectivity index (χ0) is 17.7. The van der Waals surface area contributed by atoms with Crippen molar-refractivity contribution in [2.45, 2.75) is 6.92 Å². The van der Waals surface area contributed by atoms with E-state index >= 15 is 0 Å². The number of nitrogens with zero attached hydrogens (tertiary/aromatic N) is 6. The maximum atomic E-state index is 12.6. The van der Waals surface area contributed by atoms with Gasteiger partial charge in [-0.25, -0.2) is 14.5 Å². The zero-order valence-electron chi connectivity index (χ0n) is 14.2. The van der Waals surface area contributed by atoms with Crippen LogP contribution in [-0.2, 0) is 0 Å². The van der Waals surface area contributed by atoms with Gasteiger partial charge in [0, 0.05) is 38.4 Å². The van der Waals surface area contributed by atoms with Gasteiger partial charge in [-0.2, -0.15) is 5.10 Å². The third kappa shape index (κ3) is 2.56. The number of thiazole rings is 1. The molecule has 1 aliphatic heterocycles. The summed E-state index contributed by atoms with van der Waals surface area (Å²) in [5.41, 5.74) is 2.83. The molecule has 5 rings (SSSR count). The number of fused-ring (bicyclic) bond motifs is 2. The van der Waals surface area contributed by atoms with Crippen LogP contribution in [0, 0.1) is 6.92 Å². The number of piperazine rings is 1. The number of hydrogen-bond acceptors (Lipinski definition) is 7. The Morgan fingerprint density at radius 2 is 1.96 bits per heavy atom. The lowest BCUT2D eigenvalue weighted by molar-refractivity contribution is 0.591. The predicted octanol–water partition coefficient (Wildman–Crippen LogP) is 1.18. The van der Waals surface area contributed by atoms with Gasteiger partial charge in [0.15, 0.2) is 10.6 Å². The zero-order valence-corrected chi connectivity index (χ0v) is 15.0. The molecule has 9 heteroatoms. The van der Waals surface area contributed by atoms with Crippen LogP contribution in [-0.4, -0.2) is 50.2 Å². The van der Waals surface area contributed by atoms with Crippen LogP contribution < -0.4 is 15.8 Å². The van der Waals surface area contributed by atoms with Crippen LogP contribution in [0.3, 0.4) is 0 Å². The van der Waals surface area contributed by atoms with Gasteiger partial charge < -0.3 is 10.2 Å². The van der Waals surface area contributed by atoms with E-state index in [1.54, 1.807) is 15.0 Å². The molecule has 5 heterocycles. The van der Waals surface area contributed by atoms with E-state index in [1.165, 1.54) is 11.3 Å². The molecule has 1 N–H and O–H groups in total. The lowest BCUT2D eigenvalue weighted by atomic mass is 10.3. The minimum atomic E-state index is -0.0913. The summed E-state index contributed by atoms with van der Waals surface area (Å²) < 4.78 is 3.33. The average Bonchev–Trinajstić information content (AvgIpc) is 3.24. The Labute approximate surface area is 152 Å². The fraction of sp³-hybridized carbons (Fsp3) is 0.294. The lowest BCUT2D eigenvalue weighted by Crippen LogP contribution is -2.43. The Hall–Kier alpha value is -2.78. The normalized spacial score (nSPS) is 15.2. The molecule has 0 atom stereocenters. The van der Waals surface area contributed by atoms with Crippen molar-refractivity contribution in [2.24, 2.45) is 0 Å². The Morgan fingerprint density at radius 3 is 2.81 bits per heavy atom. The van der Waals surface area contributed by atoms with Gasteiger partial charge in [-0.3, -0.25) is 9.20 Å². The molecule has 132 valence electrons. The van der Waals surface area contributed by atoms with E-state index in [4.69, 9.17) is 0 Å². The van der Waals surface area contributed by atoms with Gasteiger partial charge in [0.05, 0.1) is 17.6 Å². The van der Waals surface area contributed by atoms with Crippen LogP contribution in [0.2, 0.25) is 0 Å². The summed E-state index contributed by atoms with van der Waals surface area (Å²) >= 11 is 1.54. The van der Waals surface area contributed by atoms with Crippen LogP contribution in [0.25, 0.3) is 22.0 Å². The van der Waals surface area contributed by atoms with Crippen molar-refractivity contribution >= 4 is 26.9 Å². The second kappa shape index (κ2) is 5.89. The molecule has 1 aliphatic rings. The van der Waals surface area contributed by atoms with Gasteiger partial charge >= 0.3 is 0 Å². The summed E-state index contributed by atoms with van der Waals surface area (Å²) in [6.07, 6.45) is 3.75. The summed E-state index contributed by atoms with van der Waals surface area (Å²) in [5, 5.41) is 8.95. The van der Waals surface area contributed by atoms with Gasteiger partial charge in [0.1, 0.15) is 10.7 Å². The van der Waals surface area contributed by atoms with E-state index in [9.17, 15) is 4.79 Å². The second-order valence-corrected chi connectivity index (χ2v) is 7.33. The quantitative estimate of drug-likeness (QED) is 0.573. The molecule has 0 radical (unpaired) electrons.